The van der Waals surface area contributed by atoms with E-state index in [1.807, 2.05) is 32.0 Å². The van der Waals surface area contributed by atoms with Crippen LogP contribution in [0.1, 0.15) is 310 Å². The lowest BCUT2D eigenvalue weighted by Crippen LogP contribution is -2.27. The van der Waals surface area contributed by atoms with E-state index in [0.717, 1.165) is 52.9 Å². The topological polar surface area (TPSA) is 52.6 Å². The smallest absolute Gasteiger partial charge is 0.192 e. The summed E-state index contributed by atoms with van der Waals surface area (Å²) in [6.45, 7) is 44.4. The molecule has 10 rings (SSSR count). The van der Waals surface area contributed by atoms with Gasteiger partial charge in [-0.05, 0) is 190 Å². The number of furan rings is 1. The Kier molecular flexibility index (Phi) is 33.1. The summed E-state index contributed by atoms with van der Waals surface area (Å²) in [6.07, 6.45) is 7.97. The van der Waals surface area contributed by atoms with Crippen molar-refractivity contribution in [2.24, 2.45) is 23.7 Å². The van der Waals surface area contributed by atoms with Crippen LogP contribution < -0.4 is 10.2 Å². The summed E-state index contributed by atoms with van der Waals surface area (Å²) < 4.78 is 17.5. The van der Waals surface area contributed by atoms with Gasteiger partial charge in [0.25, 0.3) is 0 Å². The van der Waals surface area contributed by atoms with Crippen molar-refractivity contribution in [2.45, 2.75) is 275 Å². The highest BCUT2D eigenvalue weighted by Gasteiger charge is 2.27. The molecule has 0 saturated heterocycles. The average Bonchev–Trinajstić information content (AvgIpc) is 4.07. The maximum absolute atomic E-state index is 12.0. The van der Waals surface area contributed by atoms with Crippen LogP contribution in [0.25, 0.3) is 21.9 Å². The van der Waals surface area contributed by atoms with E-state index in [1.54, 1.807) is 28.3 Å². The molecule has 470 valence electrons. The second kappa shape index (κ2) is 35.3. The Morgan fingerprint density at radius 1 is 0.381 bits per heavy atom. The molecule has 3 atom stereocenters. The molecule has 2 aromatic heterocycles. The molecule has 0 spiro atoms. The molecule has 0 N–H and O–H groups in total. The van der Waals surface area contributed by atoms with E-state index in [9.17, 15) is 4.79 Å². The first-order valence-electron chi connectivity index (χ1n) is 30.5. The summed E-state index contributed by atoms with van der Waals surface area (Å²) in [5.41, 5.74) is 16.5. The number of benzene rings is 5. The van der Waals surface area contributed by atoms with Crippen molar-refractivity contribution >= 4 is 21.9 Å². The summed E-state index contributed by atoms with van der Waals surface area (Å²) in [4.78, 5) is 12.0. The second-order valence-electron chi connectivity index (χ2n) is 26.4. The van der Waals surface area contributed by atoms with Crippen LogP contribution >= 0.6 is 0 Å². The lowest BCUT2D eigenvalue weighted by molar-refractivity contribution is 0.127. The molecule has 0 bridgehead atoms. The number of hydrogen-bond donors (Lipinski definition) is 0. The Bertz CT molecular complexity index is 3070. The molecule has 4 nitrogen and oxygen atoms in total. The highest BCUT2D eigenvalue weighted by molar-refractivity contribution is 5.79. The summed E-state index contributed by atoms with van der Waals surface area (Å²) >= 11 is 0. The van der Waals surface area contributed by atoms with Crippen LogP contribution in [0, 0.1) is 23.7 Å². The van der Waals surface area contributed by atoms with E-state index >= 15 is 0 Å². The summed E-state index contributed by atoms with van der Waals surface area (Å²) in [7, 11) is 0. The van der Waals surface area contributed by atoms with Crippen molar-refractivity contribution < 1.29 is 13.6 Å². The molecule has 0 amide bonds. The Hall–Kier alpha value is -5.35. The van der Waals surface area contributed by atoms with Crippen molar-refractivity contribution in [1.82, 2.24) is 0 Å². The number of ether oxygens (including phenoxy) is 1. The zero-order chi connectivity index (χ0) is 57.3. The zero-order valence-electron chi connectivity index (χ0n) is 52.2. The third-order valence-corrected chi connectivity index (χ3v) is 16.8. The summed E-state index contributed by atoms with van der Waals surface area (Å²) in [5.74, 6) is 10.4. The third-order valence-electron chi connectivity index (χ3n) is 16.8. The number of hydrogen-bond acceptors (Lipinski definition) is 4. The number of aryl methyl sites for hydroxylation is 2. The normalized spacial score (nSPS) is 15.4. The molecule has 0 radical (unpaired) electrons. The number of fused-ring (bicyclic) bond motifs is 5. The third kappa shape index (κ3) is 20.7. The minimum atomic E-state index is 0. The van der Waals surface area contributed by atoms with Gasteiger partial charge in [-0.25, -0.2) is 0 Å². The number of rotatable bonds is 10. The SMILES string of the molecule is C.C.C.C.C.C.CC(C)c1ccc2c(c1)CC(C(C)C)C2.CC(C)c1ccc2c(c1)CCC(C(C)C)O2.CC(C)c1ccc2c(c1)CCC2C(C)C.CC(C)c1ccc2oc(C(C)C)cc(=O)c2c1.CC(C)c1ccc2oc(C(C)C)cc2c1. The van der Waals surface area contributed by atoms with Crippen LogP contribution in [0.5, 0.6) is 5.75 Å². The van der Waals surface area contributed by atoms with Crippen molar-refractivity contribution in [2.75, 3.05) is 0 Å². The van der Waals surface area contributed by atoms with E-state index in [4.69, 9.17) is 13.6 Å². The largest absolute Gasteiger partial charge is 0.490 e. The van der Waals surface area contributed by atoms with E-state index < -0.39 is 0 Å². The molecule has 3 heterocycles. The molecule has 5 aromatic carbocycles. The average molecular weight is 1150 g/mol. The van der Waals surface area contributed by atoms with Crippen LogP contribution in [0.3, 0.4) is 0 Å². The van der Waals surface area contributed by atoms with Gasteiger partial charge in [-0.1, -0.05) is 244 Å². The molecule has 4 heteroatoms. The minimum absolute atomic E-state index is 0. The Labute approximate surface area is 517 Å². The maximum Gasteiger partial charge on any atom is 0.192 e. The molecular weight excluding hydrogens is 1020 g/mol. The monoisotopic (exact) mass is 1150 g/mol. The lowest BCUT2D eigenvalue weighted by Gasteiger charge is -2.29. The molecule has 1 aliphatic heterocycles. The fraction of sp³-hybridized carbons (Fsp3) is 0.562. The fourth-order valence-corrected chi connectivity index (χ4v) is 11.0. The molecule has 84 heavy (non-hydrogen) atoms. The highest BCUT2D eigenvalue weighted by atomic mass is 16.5. The molecular formula is C80H126O4. The van der Waals surface area contributed by atoms with Crippen molar-refractivity contribution in [3.8, 4) is 5.75 Å². The maximum atomic E-state index is 12.0. The van der Waals surface area contributed by atoms with Gasteiger partial charge in [0.1, 0.15) is 34.5 Å². The highest BCUT2D eigenvalue weighted by Crippen LogP contribution is 2.40. The first kappa shape index (κ1) is 78.6. The van der Waals surface area contributed by atoms with E-state index in [-0.39, 0.29) is 55.9 Å². The van der Waals surface area contributed by atoms with Crippen LogP contribution in [-0.4, -0.2) is 6.10 Å². The second-order valence-corrected chi connectivity index (χ2v) is 26.4. The minimum Gasteiger partial charge on any atom is -0.490 e. The van der Waals surface area contributed by atoms with Gasteiger partial charge in [-0.2, -0.15) is 0 Å². The van der Waals surface area contributed by atoms with Crippen LogP contribution in [0.4, 0.5) is 0 Å². The standard InChI is InChI=1S/C15H18O2.C15H22O.2C15H22.C14H18O.6CH4/c1-9(2)11-5-6-14-12(7-11)13(16)8-15(17-14)10(3)4;1-10(2)12-5-8-15-13(9-12)6-7-14(16-15)11(3)4;1-10(2)12-5-8-15-13(9-12)6-7-14(15)11(3)4;1-10(2)12-5-6-13-8-14(11(3)4)9-15(13)7-12;1-9(2)11-5-6-13-12(7-11)8-14(15-13)10(3)4;;;;;;/h5-10H,1-4H3;5,8-11,14H,6-7H2,1-4H3;5,8-11,14H,6-7H2,1-4H3;5-7,10-11,14H,8-9H2,1-4H3;5-10H,1-4H3;6*1H4. The van der Waals surface area contributed by atoms with Gasteiger partial charge in [0.05, 0.1) is 5.39 Å². The Balaban J connectivity index is 0.00000101. The van der Waals surface area contributed by atoms with Crippen molar-refractivity contribution in [1.29, 1.82) is 0 Å². The molecule has 3 aliphatic rings. The Morgan fingerprint density at radius 2 is 0.821 bits per heavy atom. The van der Waals surface area contributed by atoms with Gasteiger partial charge in [0.2, 0.25) is 0 Å². The van der Waals surface area contributed by atoms with Crippen LogP contribution in [0.15, 0.2) is 117 Å². The first-order valence-corrected chi connectivity index (χ1v) is 30.5. The van der Waals surface area contributed by atoms with Gasteiger partial charge in [-0.15, -0.1) is 0 Å². The van der Waals surface area contributed by atoms with E-state index in [1.165, 1.54) is 70.9 Å². The van der Waals surface area contributed by atoms with E-state index in [2.05, 4.69) is 203 Å². The predicted molar refractivity (Wildman–Crippen MR) is 376 cm³/mol. The van der Waals surface area contributed by atoms with Gasteiger partial charge in [0.15, 0.2) is 5.43 Å². The zero-order valence-corrected chi connectivity index (χ0v) is 52.2. The van der Waals surface area contributed by atoms with Crippen molar-refractivity contribution in [3.05, 3.63) is 181 Å². The van der Waals surface area contributed by atoms with Crippen LogP contribution in [-0.2, 0) is 25.7 Å². The molecule has 0 saturated carbocycles. The first-order chi connectivity index (χ1) is 36.8. The summed E-state index contributed by atoms with van der Waals surface area (Å²) in [5, 5.41) is 1.91. The molecule has 2 aliphatic carbocycles. The molecule has 3 unspecified atom stereocenters. The van der Waals surface area contributed by atoms with Gasteiger partial charge < -0.3 is 13.6 Å². The molecule has 7 aromatic rings. The van der Waals surface area contributed by atoms with Crippen LogP contribution in [0.2, 0.25) is 0 Å². The van der Waals surface area contributed by atoms with Gasteiger partial charge >= 0.3 is 0 Å². The van der Waals surface area contributed by atoms with Gasteiger partial charge in [0, 0.05) is 23.3 Å². The summed E-state index contributed by atoms with van der Waals surface area (Å²) in [6, 6.07) is 37.0. The van der Waals surface area contributed by atoms with E-state index in [0.29, 0.717) is 58.5 Å². The fourth-order valence-electron chi connectivity index (χ4n) is 11.0. The lowest BCUT2D eigenvalue weighted by atomic mass is 9.89. The molecule has 0 fully saturated rings. The quantitative estimate of drug-likeness (QED) is 0.137. The van der Waals surface area contributed by atoms with Gasteiger partial charge in [-0.3, -0.25) is 4.79 Å². The van der Waals surface area contributed by atoms with Crippen molar-refractivity contribution in [3.63, 3.8) is 0 Å². The predicted octanol–water partition coefficient (Wildman–Crippen LogP) is 25.4. The Morgan fingerprint density at radius 3 is 1.35 bits per heavy atom.